The number of hydrogen-bond acceptors (Lipinski definition) is 1. The van der Waals surface area contributed by atoms with Gasteiger partial charge in [-0.05, 0) is 48.8 Å². The molecule has 0 aromatic heterocycles. The molecule has 0 amide bonds. The van der Waals surface area contributed by atoms with Crippen molar-refractivity contribution < 1.29 is 0 Å². The van der Waals surface area contributed by atoms with Crippen molar-refractivity contribution in [2.24, 2.45) is 17.6 Å². The van der Waals surface area contributed by atoms with E-state index in [4.69, 9.17) is 17.3 Å². The minimum atomic E-state index is 0.320. The molecule has 0 radical (unpaired) electrons. The van der Waals surface area contributed by atoms with Crippen molar-refractivity contribution in [3.8, 4) is 0 Å². The Labute approximate surface area is 96.6 Å². The smallest absolute Gasteiger partial charge is 0.0435 e. The SMILES string of the molecule is Cc1cc(CC(N)C2CC2C)ccc1Cl. The van der Waals surface area contributed by atoms with Crippen molar-refractivity contribution >= 4 is 11.6 Å². The summed E-state index contributed by atoms with van der Waals surface area (Å²) in [6, 6.07) is 6.52. The van der Waals surface area contributed by atoms with Gasteiger partial charge in [0.2, 0.25) is 0 Å². The van der Waals surface area contributed by atoms with Gasteiger partial charge < -0.3 is 5.73 Å². The van der Waals surface area contributed by atoms with Crippen LogP contribution >= 0.6 is 11.6 Å². The first-order valence-electron chi connectivity index (χ1n) is 5.58. The Kier molecular flexibility index (Phi) is 3.03. The molecule has 1 fully saturated rings. The average Bonchev–Trinajstić information content (AvgIpc) is 2.89. The van der Waals surface area contributed by atoms with Crippen LogP contribution in [0.25, 0.3) is 0 Å². The van der Waals surface area contributed by atoms with Gasteiger partial charge in [-0.1, -0.05) is 30.7 Å². The van der Waals surface area contributed by atoms with Crippen molar-refractivity contribution in [2.75, 3.05) is 0 Å². The Balaban J connectivity index is 2.01. The molecule has 2 rings (SSSR count). The number of rotatable bonds is 3. The Bertz CT molecular complexity index is 362. The zero-order valence-corrected chi connectivity index (χ0v) is 10.1. The maximum Gasteiger partial charge on any atom is 0.0435 e. The van der Waals surface area contributed by atoms with Crippen LogP contribution < -0.4 is 5.73 Å². The van der Waals surface area contributed by atoms with E-state index in [-0.39, 0.29) is 0 Å². The summed E-state index contributed by atoms with van der Waals surface area (Å²) < 4.78 is 0. The lowest BCUT2D eigenvalue weighted by atomic mass is 10.0. The standard InChI is InChI=1S/C13H18ClN/c1-8-6-11(8)13(15)7-10-3-4-12(14)9(2)5-10/h3-5,8,11,13H,6-7,15H2,1-2H3. The molecule has 1 aliphatic rings. The van der Waals surface area contributed by atoms with Gasteiger partial charge in [-0.3, -0.25) is 0 Å². The summed E-state index contributed by atoms with van der Waals surface area (Å²) in [5.74, 6) is 1.56. The molecule has 82 valence electrons. The van der Waals surface area contributed by atoms with E-state index in [2.05, 4.69) is 19.1 Å². The van der Waals surface area contributed by atoms with E-state index in [1.54, 1.807) is 0 Å². The second kappa shape index (κ2) is 4.15. The fourth-order valence-electron chi connectivity index (χ4n) is 2.20. The van der Waals surface area contributed by atoms with Crippen LogP contribution in [-0.4, -0.2) is 6.04 Å². The number of benzene rings is 1. The van der Waals surface area contributed by atoms with Crippen molar-refractivity contribution in [2.45, 2.75) is 32.7 Å². The fourth-order valence-corrected chi connectivity index (χ4v) is 2.32. The molecule has 1 nitrogen and oxygen atoms in total. The second-order valence-electron chi connectivity index (χ2n) is 4.83. The van der Waals surface area contributed by atoms with Crippen LogP contribution in [0.15, 0.2) is 18.2 Å². The molecule has 15 heavy (non-hydrogen) atoms. The lowest BCUT2D eigenvalue weighted by Gasteiger charge is -2.11. The highest BCUT2D eigenvalue weighted by Crippen LogP contribution is 2.40. The average molecular weight is 224 g/mol. The minimum Gasteiger partial charge on any atom is -0.327 e. The van der Waals surface area contributed by atoms with E-state index in [1.165, 1.54) is 12.0 Å². The van der Waals surface area contributed by atoms with Crippen molar-refractivity contribution in [1.29, 1.82) is 0 Å². The molecule has 0 aliphatic heterocycles. The second-order valence-corrected chi connectivity index (χ2v) is 5.24. The zero-order chi connectivity index (χ0) is 11.0. The van der Waals surface area contributed by atoms with Crippen LogP contribution in [0.3, 0.4) is 0 Å². The first-order chi connectivity index (χ1) is 7.08. The molecule has 0 spiro atoms. The zero-order valence-electron chi connectivity index (χ0n) is 9.33. The van der Waals surface area contributed by atoms with Gasteiger partial charge in [0.1, 0.15) is 0 Å². The van der Waals surface area contributed by atoms with Gasteiger partial charge in [0.05, 0.1) is 0 Å². The van der Waals surface area contributed by atoms with Gasteiger partial charge in [-0.15, -0.1) is 0 Å². The Morgan fingerprint density at radius 1 is 1.53 bits per heavy atom. The quantitative estimate of drug-likeness (QED) is 0.837. The van der Waals surface area contributed by atoms with Gasteiger partial charge in [0, 0.05) is 11.1 Å². The summed E-state index contributed by atoms with van der Waals surface area (Å²) in [6.45, 7) is 4.31. The predicted octanol–water partition coefficient (Wildman–Crippen LogP) is 3.17. The fraction of sp³-hybridized carbons (Fsp3) is 0.538. The molecule has 1 aromatic rings. The van der Waals surface area contributed by atoms with Crippen molar-refractivity contribution in [1.82, 2.24) is 0 Å². The van der Waals surface area contributed by atoms with Gasteiger partial charge >= 0.3 is 0 Å². The lowest BCUT2D eigenvalue weighted by Crippen LogP contribution is -2.25. The van der Waals surface area contributed by atoms with Crippen LogP contribution in [0.4, 0.5) is 0 Å². The first kappa shape index (κ1) is 11.0. The summed E-state index contributed by atoms with van der Waals surface area (Å²) in [5, 5.41) is 0.840. The van der Waals surface area contributed by atoms with Gasteiger partial charge in [0.15, 0.2) is 0 Å². The van der Waals surface area contributed by atoms with E-state index < -0.39 is 0 Å². The third kappa shape index (κ3) is 2.53. The number of nitrogens with two attached hydrogens (primary N) is 1. The summed E-state index contributed by atoms with van der Waals surface area (Å²) in [6.07, 6.45) is 2.28. The molecule has 0 saturated heterocycles. The predicted molar refractivity (Wildman–Crippen MR) is 65.1 cm³/mol. The lowest BCUT2D eigenvalue weighted by molar-refractivity contribution is 0.560. The highest BCUT2D eigenvalue weighted by atomic mass is 35.5. The minimum absolute atomic E-state index is 0.320. The molecular weight excluding hydrogens is 206 g/mol. The first-order valence-corrected chi connectivity index (χ1v) is 5.96. The van der Waals surface area contributed by atoms with E-state index in [0.717, 1.165) is 28.8 Å². The number of hydrogen-bond donors (Lipinski definition) is 1. The van der Waals surface area contributed by atoms with Gasteiger partial charge in [-0.25, -0.2) is 0 Å². The highest BCUT2D eigenvalue weighted by molar-refractivity contribution is 6.31. The summed E-state index contributed by atoms with van der Waals surface area (Å²) in [7, 11) is 0. The number of aryl methyl sites for hydroxylation is 1. The van der Waals surface area contributed by atoms with Crippen molar-refractivity contribution in [3.63, 3.8) is 0 Å². The normalized spacial score (nSPS) is 26.4. The third-order valence-corrected chi connectivity index (χ3v) is 3.84. The maximum absolute atomic E-state index is 6.16. The molecule has 1 aliphatic carbocycles. The Morgan fingerprint density at radius 2 is 2.20 bits per heavy atom. The number of halogens is 1. The van der Waals surface area contributed by atoms with Crippen LogP contribution in [0.5, 0.6) is 0 Å². The molecule has 0 bridgehead atoms. The van der Waals surface area contributed by atoms with Gasteiger partial charge in [0.25, 0.3) is 0 Å². The van der Waals surface area contributed by atoms with Crippen LogP contribution in [0.2, 0.25) is 5.02 Å². The van der Waals surface area contributed by atoms with Crippen molar-refractivity contribution in [3.05, 3.63) is 34.3 Å². The van der Waals surface area contributed by atoms with E-state index in [1.807, 2.05) is 13.0 Å². The summed E-state index contributed by atoms with van der Waals surface area (Å²) in [4.78, 5) is 0. The highest BCUT2D eigenvalue weighted by Gasteiger charge is 2.37. The Morgan fingerprint density at radius 3 is 2.73 bits per heavy atom. The van der Waals surface area contributed by atoms with Crippen LogP contribution in [0.1, 0.15) is 24.5 Å². The maximum atomic E-state index is 6.16. The molecule has 2 heteroatoms. The van der Waals surface area contributed by atoms with Gasteiger partial charge in [-0.2, -0.15) is 0 Å². The molecule has 1 aromatic carbocycles. The van der Waals surface area contributed by atoms with E-state index in [9.17, 15) is 0 Å². The third-order valence-electron chi connectivity index (χ3n) is 3.42. The van der Waals surface area contributed by atoms with Crippen LogP contribution in [0, 0.1) is 18.8 Å². The molecule has 0 heterocycles. The van der Waals surface area contributed by atoms with E-state index in [0.29, 0.717) is 6.04 Å². The van der Waals surface area contributed by atoms with Crippen LogP contribution in [-0.2, 0) is 6.42 Å². The summed E-state index contributed by atoms with van der Waals surface area (Å²) >= 11 is 5.98. The Hall–Kier alpha value is -0.530. The molecule has 2 N–H and O–H groups in total. The largest absolute Gasteiger partial charge is 0.327 e. The summed E-state index contributed by atoms with van der Waals surface area (Å²) in [5.41, 5.74) is 8.61. The molecule has 3 atom stereocenters. The monoisotopic (exact) mass is 223 g/mol. The van der Waals surface area contributed by atoms with E-state index >= 15 is 0 Å². The molecular formula is C13H18ClN. The topological polar surface area (TPSA) is 26.0 Å². The molecule has 1 saturated carbocycles. The molecule has 3 unspecified atom stereocenters.